The van der Waals surface area contributed by atoms with Crippen molar-refractivity contribution in [3.05, 3.63) is 23.2 Å². The molecule has 1 fully saturated rings. The number of allylic oxidation sites excluding steroid dienone is 4. The maximum absolute atomic E-state index is 12.9. The van der Waals surface area contributed by atoms with Crippen molar-refractivity contribution in [1.29, 1.82) is 0 Å². The highest BCUT2D eigenvalue weighted by Crippen LogP contribution is 2.32. The first-order valence-electron chi connectivity index (χ1n) is 4.01. The number of carbonyl (C=O) groups excluding carboxylic acids is 2. The molecule has 0 aromatic heterocycles. The quantitative estimate of drug-likeness (QED) is 0.562. The van der Waals surface area contributed by atoms with E-state index in [1.165, 1.54) is 6.08 Å². The number of carbonyl (C=O) groups is 2. The zero-order chi connectivity index (χ0) is 9.59. The Kier molecular flexibility index (Phi) is 1.58. The molecule has 68 valence electrons. The van der Waals surface area contributed by atoms with Crippen LogP contribution in [0.25, 0.3) is 0 Å². The molecule has 13 heavy (non-hydrogen) atoms. The predicted molar refractivity (Wildman–Crippen MR) is 43.1 cm³/mol. The fraction of sp³-hybridized carbons (Fsp3) is 0.333. The lowest BCUT2D eigenvalue weighted by Crippen LogP contribution is -2.18. The minimum absolute atomic E-state index is 0.0181. The standard InChI is InChI=1S/C9H8FNO2/c1-4-2-5(10)3-6-7(4)11-9(13)8(6)12/h2,6H,3H2,1H3,(H,11,13). The Balaban J connectivity index is 2.46. The van der Waals surface area contributed by atoms with Crippen molar-refractivity contribution in [3.8, 4) is 0 Å². The Morgan fingerprint density at radius 1 is 1.54 bits per heavy atom. The summed E-state index contributed by atoms with van der Waals surface area (Å²) in [6.07, 6.45) is 1.37. The molecular weight excluding hydrogens is 173 g/mol. The Labute approximate surface area is 74.3 Å². The molecule has 0 saturated carbocycles. The lowest BCUT2D eigenvalue weighted by Gasteiger charge is -2.14. The van der Waals surface area contributed by atoms with Gasteiger partial charge in [0.15, 0.2) is 0 Å². The average Bonchev–Trinajstić information content (AvgIpc) is 2.32. The summed E-state index contributed by atoms with van der Waals surface area (Å²) in [6, 6.07) is 0. The van der Waals surface area contributed by atoms with Crippen LogP contribution in [0.5, 0.6) is 0 Å². The number of nitrogens with one attached hydrogen (secondary N) is 1. The molecule has 1 atom stereocenters. The van der Waals surface area contributed by atoms with Gasteiger partial charge in [-0.15, -0.1) is 0 Å². The van der Waals surface area contributed by atoms with Crippen molar-refractivity contribution in [2.75, 3.05) is 0 Å². The summed E-state index contributed by atoms with van der Waals surface area (Å²) in [7, 11) is 0. The highest BCUT2D eigenvalue weighted by atomic mass is 19.1. The fourth-order valence-electron chi connectivity index (χ4n) is 1.70. The topological polar surface area (TPSA) is 46.2 Å². The number of hydrogen-bond acceptors (Lipinski definition) is 2. The SMILES string of the molecule is CC1=C2NC(=O)C(=O)C2CC(F)=C1. The van der Waals surface area contributed by atoms with E-state index in [2.05, 4.69) is 5.32 Å². The molecule has 2 rings (SSSR count). The molecule has 0 aromatic rings. The van der Waals surface area contributed by atoms with Crippen LogP contribution in [0.2, 0.25) is 0 Å². The van der Waals surface area contributed by atoms with Gasteiger partial charge >= 0.3 is 0 Å². The second kappa shape index (κ2) is 2.52. The summed E-state index contributed by atoms with van der Waals surface area (Å²) in [4.78, 5) is 22.1. The average molecular weight is 181 g/mol. The maximum Gasteiger partial charge on any atom is 0.292 e. The van der Waals surface area contributed by atoms with Gasteiger partial charge in [-0.05, 0) is 18.6 Å². The van der Waals surface area contributed by atoms with Crippen LogP contribution >= 0.6 is 0 Å². The first-order chi connectivity index (χ1) is 6.09. The van der Waals surface area contributed by atoms with Crippen molar-refractivity contribution in [2.24, 2.45) is 5.92 Å². The highest BCUT2D eigenvalue weighted by molar-refractivity contribution is 6.40. The molecule has 1 N–H and O–H groups in total. The van der Waals surface area contributed by atoms with Gasteiger partial charge in [-0.1, -0.05) is 0 Å². The Morgan fingerprint density at radius 3 is 2.92 bits per heavy atom. The van der Waals surface area contributed by atoms with Gasteiger partial charge in [0.05, 0.1) is 5.92 Å². The predicted octanol–water partition coefficient (Wildman–Crippen LogP) is 0.833. The monoisotopic (exact) mass is 181 g/mol. The van der Waals surface area contributed by atoms with Crippen LogP contribution in [0.3, 0.4) is 0 Å². The molecule has 1 heterocycles. The van der Waals surface area contributed by atoms with E-state index in [0.717, 1.165) is 0 Å². The normalized spacial score (nSPS) is 27.2. The summed E-state index contributed by atoms with van der Waals surface area (Å²) in [5.41, 5.74) is 1.20. The molecule has 1 aliphatic heterocycles. The van der Waals surface area contributed by atoms with Crippen molar-refractivity contribution in [2.45, 2.75) is 13.3 Å². The van der Waals surface area contributed by atoms with Crippen LogP contribution in [0.1, 0.15) is 13.3 Å². The second-order valence-corrected chi connectivity index (χ2v) is 3.26. The molecule has 0 bridgehead atoms. The molecule has 0 radical (unpaired) electrons. The summed E-state index contributed by atoms with van der Waals surface area (Å²) >= 11 is 0. The Hall–Kier alpha value is -1.45. The van der Waals surface area contributed by atoms with Gasteiger partial charge in [-0.2, -0.15) is 0 Å². The molecule has 4 heteroatoms. The van der Waals surface area contributed by atoms with Crippen LogP contribution in [-0.2, 0) is 9.59 Å². The number of amides is 1. The minimum Gasteiger partial charge on any atom is -0.322 e. The molecule has 0 aromatic carbocycles. The third-order valence-electron chi connectivity index (χ3n) is 2.33. The zero-order valence-corrected chi connectivity index (χ0v) is 7.06. The Bertz CT molecular complexity index is 368. The van der Waals surface area contributed by atoms with Crippen LogP contribution in [0.15, 0.2) is 23.2 Å². The molecule has 1 aliphatic carbocycles. The minimum atomic E-state index is -0.623. The van der Waals surface area contributed by atoms with E-state index in [9.17, 15) is 14.0 Å². The van der Waals surface area contributed by atoms with Gasteiger partial charge in [0.1, 0.15) is 5.83 Å². The van der Waals surface area contributed by atoms with Gasteiger partial charge in [0.25, 0.3) is 5.91 Å². The van der Waals surface area contributed by atoms with E-state index in [-0.39, 0.29) is 12.2 Å². The summed E-state index contributed by atoms with van der Waals surface area (Å²) in [5.74, 6) is -2.09. The van der Waals surface area contributed by atoms with E-state index in [1.54, 1.807) is 6.92 Å². The van der Waals surface area contributed by atoms with Gasteiger partial charge in [-0.3, -0.25) is 9.59 Å². The highest BCUT2D eigenvalue weighted by Gasteiger charge is 2.39. The van der Waals surface area contributed by atoms with Gasteiger partial charge in [0.2, 0.25) is 5.78 Å². The van der Waals surface area contributed by atoms with Gasteiger partial charge < -0.3 is 5.32 Å². The molecule has 3 nitrogen and oxygen atoms in total. The van der Waals surface area contributed by atoms with Crippen LogP contribution < -0.4 is 5.32 Å². The van der Waals surface area contributed by atoms with E-state index in [0.29, 0.717) is 11.3 Å². The van der Waals surface area contributed by atoms with Crippen molar-refractivity contribution in [3.63, 3.8) is 0 Å². The summed E-state index contributed by atoms with van der Waals surface area (Å²) in [5, 5.41) is 2.46. The first kappa shape index (κ1) is 8.16. The lowest BCUT2D eigenvalue weighted by molar-refractivity contribution is -0.136. The molecule has 1 unspecified atom stereocenters. The number of halogens is 1. The van der Waals surface area contributed by atoms with Gasteiger partial charge in [-0.25, -0.2) is 4.39 Å². The number of rotatable bonds is 0. The third kappa shape index (κ3) is 1.09. The summed E-state index contributed by atoms with van der Waals surface area (Å²) < 4.78 is 12.9. The van der Waals surface area contributed by atoms with Crippen molar-refractivity contribution >= 4 is 11.7 Å². The zero-order valence-electron chi connectivity index (χ0n) is 7.06. The van der Waals surface area contributed by atoms with E-state index in [4.69, 9.17) is 0 Å². The second-order valence-electron chi connectivity index (χ2n) is 3.26. The van der Waals surface area contributed by atoms with Crippen molar-refractivity contribution < 1.29 is 14.0 Å². The molecule has 1 amide bonds. The largest absolute Gasteiger partial charge is 0.322 e. The lowest BCUT2D eigenvalue weighted by atomic mass is 9.92. The van der Waals surface area contributed by atoms with Crippen LogP contribution in [-0.4, -0.2) is 11.7 Å². The summed E-state index contributed by atoms with van der Waals surface area (Å²) in [6.45, 7) is 1.68. The van der Waals surface area contributed by atoms with E-state index < -0.39 is 17.6 Å². The van der Waals surface area contributed by atoms with Crippen molar-refractivity contribution in [1.82, 2.24) is 5.32 Å². The van der Waals surface area contributed by atoms with Crippen LogP contribution in [0.4, 0.5) is 4.39 Å². The molecule has 1 saturated heterocycles. The number of Topliss-reactive ketones (excluding diaryl/α,β-unsaturated/α-hetero) is 1. The number of hydrogen-bond donors (Lipinski definition) is 1. The fourth-order valence-corrected chi connectivity index (χ4v) is 1.70. The number of fused-ring (bicyclic) bond motifs is 1. The van der Waals surface area contributed by atoms with Crippen LogP contribution in [0, 0.1) is 5.92 Å². The smallest absolute Gasteiger partial charge is 0.292 e. The molecule has 0 spiro atoms. The van der Waals surface area contributed by atoms with Gasteiger partial charge in [0, 0.05) is 12.1 Å². The molecular formula is C9H8FNO2. The maximum atomic E-state index is 12.9. The third-order valence-corrected chi connectivity index (χ3v) is 2.33. The molecule has 2 aliphatic rings. The van der Waals surface area contributed by atoms with E-state index >= 15 is 0 Å². The number of ketones is 1. The Morgan fingerprint density at radius 2 is 2.23 bits per heavy atom. The van der Waals surface area contributed by atoms with E-state index in [1.807, 2.05) is 0 Å². The first-order valence-corrected chi connectivity index (χ1v) is 4.01.